The van der Waals surface area contributed by atoms with Gasteiger partial charge < -0.3 is 5.11 Å². The first kappa shape index (κ1) is 10.2. The van der Waals surface area contributed by atoms with Gasteiger partial charge in [-0.15, -0.1) is 11.6 Å². The molecule has 2 fully saturated rings. The second kappa shape index (κ2) is 4.07. The summed E-state index contributed by atoms with van der Waals surface area (Å²) in [6, 6.07) is 0.621. The van der Waals surface area contributed by atoms with Crippen LogP contribution < -0.4 is 0 Å². The fraction of sp³-hybridized carbons (Fsp3) is 0.900. The number of nitrogens with zero attached hydrogens (tertiary/aromatic N) is 1. The van der Waals surface area contributed by atoms with Gasteiger partial charge in [-0.3, -0.25) is 9.69 Å². The number of carboxylic acid groups (broad SMARTS) is 1. The highest BCUT2D eigenvalue weighted by atomic mass is 35.5. The van der Waals surface area contributed by atoms with E-state index in [4.69, 9.17) is 16.7 Å². The number of hydrogen-bond donors (Lipinski definition) is 1. The first-order chi connectivity index (χ1) is 6.66. The molecule has 0 heterocycles. The van der Waals surface area contributed by atoms with Crippen molar-refractivity contribution in [2.45, 2.75) is 37.1 Å². The Labute approximate surface area is 89.0 Å². The Hall–Kier alpha value is -0.280. The van der Waals surface area contributed by atoms with Gasteiger partial charge in [0.1, 0.15) is 5.38 Å². The molecular formula is C10H16ClNO2. The van der Waals surface area contributed by atoms with Crippen LogP contribution in [0.5, 0.6) is 0 Å². The Morgan fingerprint density at radius 2 is 2.07 bits per heavy atom. The zero-order valence-corrected chi connectivity index (χ0v) is 8.91. The van der Waals surface area contributed by atoms with Crippen LogP contribution in [0.3, 0.4) is 0 Å². The molecule has 3 nitrogen and oxygen atoms in total. The van der Waals surface area contributed by atoms with Crippen molar-refractivity contribution < 1.29 is 9.90 Å². The molecule has 2 aliphatic carbocycles. The summed E-state index contributed by atoms with van der Waals surface area (Å²) in [6.07, 6.45) is 5.05. The van der Waals surface area contributed by atoms with E-state index in [2.05, 4.69) is 4.90 Å². The highest BCUT2D eigenvalue weighted by Crippen LogP contribution is 2.35. The molecule has 0 radical (unpaired) electrons. The van der Waals surface area contributed by atoms with E-state index in [1.165, 1.54) is 25.7 Å². The van der Waals surface area contributed by atoms with Crippen LogP contribution in [0.4, 0.5) is 0 Å². The molecule has 0 bridgehead atoms. The van der Waals surface area contributed by atoms with Crippen LogP contribution in [0, 0.1) is 5.92 Å². The lowest BCUT2D eigenvalue weighted by Gasteiger charge is -2.22. The first-order valence-corrected chi connectivity index (χ1v) is 5.71. The number of carboxylic acids is 1. The van der Waals surface area contributed by atoms with Crippen molar-refractivity contribution in [1.82, 2.24) is 4.90 Å². The van der Waals surface area contributed by atoms with Crippen molar-refractivity contribution in [3.8, 4) is 0 Å². The molecule has 4 heteroatoms. The Morgan fingerprint density at radius 3 is 2.50 bits per heavy atom. The third kappa shape index (κ3) is 2.85. The first-order valence-electron chi connectivity index (χ1n) is 5.27. The number of hydrogen-bond acceptors (Lipinski definition) is 2. The van der Waals surface area contributed by atoms with Crippen LogP contribution in [-0.4, -0.2) is 40.5 Å². The Balaban J connectivity index is 1.79. The van der Waals surface area contributed by atoms with E-state index in [1.807, 2.05) is 0 Å². The van der Waals surface area contributed by atoms with Gasteiger partial charge in [-0.1, -0.05) is 0 Å². The molecule has 1 unspecified atom stereocenters. The molecule has 0 saturated heterocycles. The van der Waals surface area contributed by atoms with Gasteiger partial charge in [0, 0.05) is 19.1 Å². The minimum atomic E-state index is -0.895. The van der Waals surface area contributed by atoms with Crippen LogP contribution in [-0.2, 0) is 4.79 Å². The van der Waals surface area contributed by atoms with Gasteiger partial charge in [-0.05, 0) is 31.6 Å². The number of rotatable bonds is 6. The van der Waals surface area contributed by atoms with Crippen LogP contribution in [0.2, 0.25) is 0 Å². The average molecular weight is 218 g/mol. The van der Waals surface area contributed by atoms with Crippen molar-refractivity contribution in [1.29, 1.82) is 0 Å². The predicted molar refractivity (Wildman–Crippen MR) is 54.6 cm³/mol. The van der Waals surface area contributed by atoms with E-state index in [1.54, 1.807) is 0 Å². The van der Waals surface area contributed by atoms with Gasteiger partial charge >= 0.3 is 5.97 Å². The lowest BCUT2D eigenvalue weighted by atomic mass is 10.3. The SMILES string of the molecule is O=C(O)C(Cl)CN(CC1CC1)C1CC1. The van der Waals surface area contributed by atoms with E-state index < -0.39 is 11.3 Å². The maximum absolute atomic E-state index is 10.6. The van der Waals surface area contributed by atoms with Gasteiger partial charge in [-0.2, -0.15) is 0 Å². The number of carbonyl (C=O) groups is 1. The van der Waals surface area contributed by atoms with Gasteiger partial charge in [0.2, 0.25) is 0 Å². The smallest absolute Gasteiger partial charge is 0.322 e. The largest absolute Gasteiger partial charge is 0.480 e. The third-order valence-corrected chi connectivity index (χ3v) is 3.24. The van der Waals surface area contributed by atoms with Crippen molar-refractivity contribution >= 4 is 17.6 Å². The zero-order valence-electron chi connectivity index (χ0n) is 8.16. The van der Waals surface area contributed by atoms with Crippen molar-refractivity contribution in [3.05, 3.63) is 0 Å². The molecular weight excluding hydrogens is 202 g/mol. The molecule has 1 atom stereocenters. The topological polar surface area (TPSA) is 40.5 Å². The molecule has 14 heavy (non-hydrogen) atoms. The van der Waals surface area contributed by atoms with Crippen LogP contribution in [0.15, 0.2) is 0 Å². The van der Waals surface area contributed by atoms with Gasteiger partial charge in [0.15, 0.2) is 0 Å². The summed E-state index contributed by atoms with van der Waals surface area (Å²) in [4.78, 5) is 12.9. The minimum Gasteiger partial charge on any atom is -0.480 e. The van der Waals surface area contributed by atoms with E-state index in [0.717, 1.165) is 12.5 Å². The lowest BCUT2D eigenvalue weighted by molar-refractivity contribution is -0.137. The summed E-state index contributed by atoms with van der Waals surface area (Å²) >= 11 is 5.74. The molecule has 0 amide bonds. The average Bonchev–Trinajstić information content (AvgIpc) is 2.98. The molecule has 0 aromatic rings. The molecule has 2 aliphatic rings. The Bertz CT molecular complexity index is 226. The summed E-state index contributed by atoms with van der Waals surface area (Å²) < 4.78 is 0. The van der Waals surface area contributed by atoms with Crippen LogP contribution >= 0.6 is 11.6 Å². The Morgan fingerprint density at radius 1 is 1.43 bits per heavy atom. The maximum Gasteiger partial charge on any atom is 0.322 e. The van der Waals surface area contributed by atoms with Crippen molar-refractivity contribution in [3.63, 3.8) is 0 Å². The standard InChI is InChI=1S/C10H16ClNO2/c11-9(10(13)14)6-12(8-3-4-8)5-7-1-2-7/h7-9H,1-6H2,(H,13,14). The normalized spacial score (nSPS) is 23.9. The molecule has 0 spiro atoms. The summed E-state index contributed by atoms with van der Waals surface area (Å²) in [6.45, 7) is 1.57. The summed E-state index contributed by atoms with van der Waals surface area (Å²) in [7, 11) is 0. The number of aliphatic carboxylic acids is 1. The van der Waals surface area contributed by atoms with Crippen LogP contribution in [0.25, 0.3) is 0 Å². The summed E-state index contributed by atoms with van der Waals surface area (Å²) in [5.41, 5.74) is 0. The predicted octanol–water partition coefficient (Wildman–Crippen LogP) is 1.55. The monoisotopic (exact) mass is 217 g/mol. The lowest BCUT2D eigenvalue weighted by Crippen LogP contribution is -2.36. The van der Waals surface area contributed by atoms with Crippen molar-refractivity contribution in [2.24, 2.45) is 5.92 Å². The van der Waals surface area contributed by atoms with E-state index >= 15 is 0 Å². The van der Waals surface area contributed by atoms with Gasteiger partial charge in [-0.25, -0.2) is 0 Å². The second-order valence-electron chi connectivity index (χ2n) is 4.43. The van der Waals surface area contributed by atoms with Gasteiger partial charge in [0.25, 0.3) is 0 Å². The highest BCUT2D eigenvalue weighted by Gasteiger charge is 2.35. The Kier molecular flexibility index (Phi) is 2.98. The van der Waals surface area contributed by atoms with Crippen LogP contribution in [0.1, 0.15) is 25.7 Å². The number of halogens is 1. The van der Waals surface area contributed by atoms with E-state index in [0.29, 0.717) is 12.6 Å². The molecule has 2 rings (SSSR count). The highest BCUT2D eigenvalue weighted by molar-refractivity contribution is 6.29. The molecule has 80 valence electrons. The number of alkyl halides is 1. The van der Waals surface area contributed by atoms with Crippen molar-refractivity contribution in [2.75, 3.05) is 13.1 Å². The third-order valence-electron chi connectivity index (χ3n) is 2.92. The molecule has 0 aromatic heterocycles. The molecule has 1 N–H and O–H groups in total. The fourth-order valence-corrected chi connectivity index (χ4v) is 1.91. The van der Waals surface area contributed by atoms with E-state index in [9.17, 15) is 4.79 Å². The van der Waals surface area contributed by atoms with Gasteiger partial charge in [0.05, 0.1) is 0 Å². The quantitative estimate of drug-likeness (QED) is 0.687. The summed E-state index contributed by atoms with van der Waals surface area (Å²) in [5, 5.41) is 7.98. The minimum absolute atomic E-state index is 0.512. The summed E-state index contributed by atoms with van der Waals surface area (Å²) in [5.74, 6) is -0.0821. The fourth-order valence-electron chi connectivity index (χ4n) is 1.73. The zero-order chi connectivity index (χ0) is 10.1. The molecule has 2 saturated carbocycles. The molecule has 0 aliphatic heterocycles. The maximum atomic E-state index is 10.6. The second-order valence-corrected chi connectivity index (χ2v) is 4.96. The molecule has 0 aromatic carbocycles. The van der Waals surface area contributed by atoms with E-state index in [-0.39, 0.29) is 0 Å².